The predicted octanol–water partition coefficient (Wildman–Crippen LogP) is 1.13. The lowest BCUT2D eigenvalue weighted by Crippen LogP contribution is -2.15. The van der Waals surface area contributed by atoms with Gasteiger partial charge in [0.1, 0.15) is 11.9 Å². The highest BCUT2D eigenvalue weighted by atomic mass is 16.5. The molecule has 0 unspecified atom stereocenters. The van der Waals surface area contributed by atoms with E-state index in [9.17, 15) is 10.2 Å². The summed E-state index contributed by atoms with van der Waals surface area (Å²) in [7, 11) is 4.50. The van der Waals surface area contributed by atoms with E-state index in [0.29, 0.717) is 22.8 Å². The summed E-state index contributed by atoms with van der Waals surface area (Å²) in [5.74, 6) is 1.42. The van der Waals surface area contributed by atoms with Crippen molar-refractivity contribution in [2.24, 2.45) is 0 Å². The first-order valence-corrected chi connectivity index (χ1v) is 5.21. The second-order valence-corrected chi connectivity index (χ2v) is 3.63. The summed E-state index contributed by atoms with van der Waals surface area (Å²) >= 11 is 0. The molecule has 0 radical (unpaired) electrons. The van der Waals surface area contributed by atoms with Crippen LogP contribution in [0.25, 0.3) is 0 Å². The highest BCUT2D eigenvalue weighted by Crippen LogP contribution is 2.38. The Balaban J connectivity index is 3.28. The van der Waals surface area contributed by atoms with Gasteiger partial charge in [0.2, 0.25) is 0 Å². The molecule has 1 rings (SSSR count). The molecule has 0 fully saturated rings. The van der Waals surface area contributed by atoms with Crippen molar-refractivity contribution >= 4 is 0 Å². The molecule has 2 atom stereocenters. The monoisotopic (exact) mass is 242 g/mol. The van der Waals surface area contributed by atoms with E-state index < -0.39 is 12.2 Å². The van der Waals surface area contributed by atoms with Crippen LogP contribution in [0.2, 0.25) is 0 Å². The van der Waals surface area contributed by atoms with E-state index >= 15 is 0 Å². The van der Waals surface area contributed by atoms with Crippen LogP contribution < -0.4 is 14.2 Å². The first-order chi connectivity index (χ1) is 8.04. The number of aliphatic hydroxyl groups excluding tert-OH is 2. The van der Waals surface area contributed by atoms with Crippen molar-refractivity contribution < 1.29 is 24.4 Å². The normalized spacial score (nSPS) is 14.0. The molecule has 5 nitrogen and oxygen atoms in total. The number of rotatable bonds is 5. The fraction of sp³-hybridized carbons (Fsp3) is 0.500. The van der Waals surface area contributed by atoms with Crippen LogP contribution in [0.4, 0.5) is 0 Å². The number of hydrogen-bond donors (Lipinski definition) is 2. The molecular weight excluding hydrogens is 224 g/mol. The number of methoxy groups -OCH3 is 3. The molecule has 0 aliphatic carbocycles. The van der Waals surface area contributed by atoms with Crippen LogP contribution in [0.3, 0.4) is 0 Å². The minimum Gasteiger partial charge on any atom is -0.496 e. The summed E-state index contributed by atoms with van der Waals surface area (Å²) in [5, 5.41) is 19.3. The Morgan fingerprint density at radius 1 is 0.882 bits per heavy atom. The maximum atomic E-state index is 9.87. The highest BCUT2D eigenvalue weighted by Gasteiger charge is 2.21. The molecule has 0 saturated heterocycles. The number of benzene rings is 1. The summed E-state index contributed by atoms with van der Waals surface area (Å²) < 4.78 is 15.4. The SMILES string of the molecule is COc1cc(OC)c([C@H](O)[C@@H](C)O)cc1OC. The van der Waals surface area contributed by atoms with Crippen LogP contribution in [-0.4, -0.2) is 37.6 Å². The van der Waals surface area contributed by atoms with E-state index in [1.54, 1.807) is 12.1 Å². The van der Waals surface area contributed by atoms with Crippen LogP contribution >= 0.6 is 0 Å². The van der Waals surface area contributed by atoms with Gasteiger partial charge in [-0.2, -0.15) is 0 Å². The minimum absolute atomic E-state index is 0.441. The van der Waals surface area contributed by atoms with Gasteiger partial charge >= 0.3 is 0 Å². The number of hydrogen-bond acceptors (Lipinski definition) is 5. The third kappa shape index (κ3) is 2.81. The van der Waals surface area contributed by atoms with Crippen LogP contribution in [0.15, 0.2) is 12.1 Å². The van der Waals surface area contributed by atoms with Crippen molar-refractivity contribution in [3.8, 4) is 17.2 Å². The zero-order valence-corrected chi connectivity index (χ0v) is 10.4. The van der Waals surface area contributed by atoms with Gasteiger partial charge in [0, 0.05) is 11.6 Å². The molecule has 0 amide bonds. The molecule has 17 heavy (non-hydrogen) atoms. The molecule has 0 spiro atoms. The van der Waals surface area contributed by atoms with Gasteiger partial charge in [0.05, 0.1) is 27.4 Å². The zero-order chi connectivity index (χ0) is 13.0. The summed E-state index contributed by atoms with van der Waals surface area (Å²) in [5.41, 5.74) is 0.458. The van der Waals surface area contributed by atoms with Crippen LogP contribution in [0.5, 0.6) is 17.2 Å². The zero-order valence-electron chi connectivity index (χ0n) is 10.4. The largest absolute Gasteiger partial charge is 0.496 e. The Kier molecular flexibility index (Phi) is 4.60. The quantitative estimate of drug-likeness (QED) is 0.810. The smallest absolute Gasteiger partial charge is 0.164 e. The molecule has 0 aliphatic heterocycles. The number of aliphatic hydroxyl groups is 2. The third-order valence-corrected chi connectivity index (χ3v) is 2.51. The predicted molar refractivity (Wildman–Crippen MR) is 62.7 cm³/mol. The van der Waals surface area contributed by atoms with Gasteiger partial charge in [-0.1, -0.05) is 0 Å². The highest BCUT2D eigenvalue weighted by molar-refractivity contribution is 5.51. The Morgan fingerprint density at radius 3 is 1.76 bits per heavy atom. The average Bonchev–Trinajstić information content (AvgIpc) is 2.35. The molecule has 0 heterocycles. The molecular formula is C12H18O5. The molecule has 0 aliphatic rings. The van der Waals surface area contributed by atoms with Crippen LogP contribution in [-0.2, 0) is 0 Å². The maximum Gasteiger partial charge on any atom is 0.164 e. The molecule has 1 aromatic carbocycles. The Hall–Kier alpha value is -1.46. The molecule has 0 bridgehead atoms. The van der Waals surface area contributed by atoms with Crippen molar-refractivity contribution in [2.75, 3.05) is 21.3 Å². The molecule has 2 N–H and O–H groups in total. The summed E-state index contributed by atoms with van der Waals surface area (Å²) in [6.07, 6.45) is -1.94. The average molecular weight is 242 g/mol. The van der Waals surface area contributed by atoms with E-state index in [1.165, 1.54) is 28.3 Å². The summed E-state index contributed by atoms with van der Waals surface area (Å²) in [6, 6.07) is 3.20. The molecule has 5 heteroatoms. The fourth-order valence-corrected chi connectivity index (χ4v) is 1.54. The lowest BCUT2D eigenvalue weighted by atomic mass is 10.0. The first-order valence-electron chi connectivity index (χ1n) is 5.21. The van der Waals surface area contributed by atoms with E-state index in [1.807, 2.05) is 0 Å². The Labute approximate surface area is 101 Å². The molecule has 0 saturated carbocycles. The van der Waals surface area contributed by atoms with Gasteiger partial charge in [0.15, 0.2) is 11.5 Å². The standard InChI is InChI=1S/C12H18O5/c1-7(13)12(14)8-5-10(16-3)11(17-4)6-9(8)15-2/h5-7,12-14H,1-4H3/t7-,12-/m1/s1. The minimum atomic E-state index is -1.04. The van der Waals surface area contributed by atoms with Gasteiger partial charge in [-0.05, 0) is 13.0 Å². The van der Waals surface area contributed by atoms with Crippen molar-refractivity contribution in [1.82, 2.24) is 0 Å². The van der Waals surface area contributed by atoms with Crippen LogP contribution in [0.1, 0.15) is 18.6 Å². The van der Waals surface area contributed by atoms with Gasteiger partial charge in [0.25, 0.3) is 0 Å². The van der Waals surface area contributed by atoms with Crippen molar-refractivity contribution in [2.45, 2.75) is 19.1 Å². The van der Waals surface area contributed by atoms with Gasteiger partial charge in [-0.3, -0.25) is 0 Å². The third-order valence-electron chi connectivity index (χ3n) is 2.51. The topological polar surface area (TPSA) is 68.2 Å². The Bertz CT molecular complexity index is 375. The van der Waals surface area contributed by atoms with Crippen LogP contribution in [0, 0.1) is 0 Å². The van der Waals surface area contributed by atoms with Crippen molar-refractivity contribution in [1.29, 1.82) is 0 Å². The van der Waals surface area contributed by atoms with E-state index in [2.05, 4.69) is 0 Å². The summed E-state index contributed by atoms with van der Waals surface area (Å²) in [6.45, 7) is 1.50. The number of ether oxygens (including phenoxy) is 3. The van der Waals surface area contributed by atoms with E-state index in [4.69, 9.17) is 14.2 Å². The molecule has 0 aromatic heterocycles. The molecule has 1 aromatic rings. The lowest BCUT2D eigenvalue weighted by molar-refractivity contribution is 0.0289. The maximum absolute atomic E-state index is 9.87. The second kappa shape index (κ2) is 5.75. The van der Waals surface area contributed by atoms with Gasteiger partial charge in [-0.15, -0.1) is 0 Å². The Morgan fingerprint density at radius 2 is 1.35 bits per heavy atom. The summed E-state index contributed by atoms with van der Waals surface area (Å²) in [4.78, 5) is 0. The van der Waals surface area contributed by atoms with Gasteiger partial charge in [-0.25, -0.2) is 0 Å². The lowest BCUT2D eigenvalue weighted by Gasteiger charge is -2.19. The van der Waals surface area contributed by atoms with Crippen molar-refractivity contribution in [3.05, 3.63) is 17.7 Å². The second-order valence-electron chi connectivity index (χ2n) is 3.63. The molecule has 96 valence electrons. The van der Waals surface area contributed by atoms with E-state index in [-0.39, 0.29) is 0 Å². The first kappa shape index (κ1) is 13.6. The van der Waals surface area contributed by atoms with Crippen molar-refractivity contribution in [3.63, 3.8) is 0 Å². The van der Waals surface area contributed by atoms with E-state index in [0.717, 1.165) is 0 Å². The fourth-order valence-electron chi connectivity index (χ4n) is 1.54. The van der Waals surface area contributed by atoms with Gasteiger partial charge < -0.3 is 24.4 Å².